The highest BCUT2D eigenvalue weighted by Gasteiger charge is 2.27. The first-order valence-electron chi connectivity index (χ1n) is 7.48. The van der Waals surface area contributed by atoms with Crippen LogP contribution in [-0.4, -0.2) is 57.5 Å². The minimum Gasteiger partial charge on any atom is -0.481 e. The van der Waals surface area contributed by atoms with Crippen LogP contribution in [0.25, 0.3) is 5.69 Å². The Morgan fingerprint density at radius 3 is 2.88 bits per heavy atom. The van der Waals surface area contributed by atoms with Gasteiger partial charge in [-0.05, 0) is 18.2 Å². The largest absolute Gasteiger partial charge is 0.481 e. The summed E-state index contributed by atoms with van der Waals surface area (Å²) >= 11 is 0. The number of para-hydroxylation sites is 1. The number of ether oxygens (including phenoxy) is 1. The van der Waals surface area contributed by atoms with Gasteiger partial charge in [0.1, 0.15) is 11.5 Å². The van der Waals surface area contributed by atoms with Gasteiger partial charge in [-0.3, -0.25) is 9.59 Å². The first kappa shape index (κ1) is 16.1. The molecular weight excluding hydrogens is 317 g/mol. The summed E-state index contributed by atoms with van der Waals surface area (Å²) in [5.74, 6) is -1.74. The summed E-state index contributed by atoms with van der Waals surface area (Å²) in [6.45, 7) is 0.830. The third kappa shape index (κ3) is 3.43. The Hall–Kier alpha value is -2.74. The molecule has 1 aromatic heterocycles. The minimum absolute atomic E-state index is 0.159. The first-order chi connectivity index (χ1) is 11.5. The maximum atomic E-state index is 13.8. The Labute approximate surface area is 137 Å². The van der Waals surface area contributed by atoms with Crippen molar-refractivity contribution in [2.45, 2.75) is 12.5 Å². The van der Waals surface area contributed by atoms with E-state index in [4.69, 9.17) is 9.84 Å². The zero-order chi connectivity index (χ0) is 17.1. The highest BCUT2D eigenvalue weighted by Crippen LogP contribution is 2.15. The molecule has 1 saturated heterocycles. The first-order valence-corrected chi connectivity index (χ1v) is 7.48. The predicted molar refractivity (Wildman–Crippen MR) is 81.4 cm³/mol. The van der Waals surface area contributed by atoms with Crippen molar-refractivity contribution < 1.29 is 23.8 Å². The zero-order valence-corrected chi connectivity index (χ0v) is 12.8. The predicted octanol–water partition coefficient (Wildman–Crippen LogP) is 1.33. The topological polar surface area (TPSA) is 84.7 Å². The number of carboxylic acids is 1. The van der Waals surface area contributed by atoms with Crippen LogP contribution >= 0.6 is 0 Å². The Bertz CT molecular complexity index is 761. The maximum Gasteiger partial charge on any atom is 0.306 e. The highest BCUT2D eigenvalue weighted by atomic mass is 19.1. The molecule has 8 heteroatoms. The monoisotopic (exact) mass is 333 g/mol. The summed E-state index contributed by atoms with van der Waals surface area (Å²) in [5.41, 5.74) is 0.427. The van der Waals surface area contributed by atoms with Crippen molar-refractivity contribution >= 4 is 11.9 Å². The van der Waals surface area contributed by atoms with Crippen molar-refractivity contribution in [3.05, 3.63) is 48.0 Å². The van der Waals surface area contributed by atoms with Gasteiger partial charge in [0.25, 0.3) is 5.91 Å². The number of hydrogen-bond donors (Lipinski definition) is 1. The summed E-state index contributed by atoms with van der Waals surface area (Å²) in [7, 11) is 0. The molecule has 0 unspecified atom stereocenters. The number of carbonyl (C=O) groups excluding carboxylic acids is 1. The number of hydrogen-bond acceptors (Lipinski definition) is 4. The number of morpholine rings is 1. The summed E-state index contributed by atoms with van der Waals surface area (Å²) < 4.78 is 20.4. The number of aromatic nitrogens is 2. The number of rotatable bonds is 4. The molecule has 0 radical (unpaired) electrons. The van der Waals surface area contributed by atoms with E-state index in [1.54, 1.807) is 18.2 Å². The molecule has 2 aromatic rings. The molecule has 1 atom stereocenters. The summed E-state index contributed by atoms with van der Waals surface area (Å²) in [6.07, 6.45) is 0.822. The van der Waals surface area contributed by atoms with Crippen molar-refractivity contribution in [3.63, 3.8) is 0 Å². The third-order valence-corrected chi connectivity index (χ3v) is 3.74. The lowest BCUT2D eigenvalue weighted by molar-refractivity contribution is -0.141. The van der Waals surface area contributed by atoms with E-state index in [1.807, 2.05) is 0 Å². The second-order valence-electron chi connectivity index (χ2n) is 5.44. The fourth-order valence-corrected chi connectivity index (χ4v) is 2.59. The number of halogens is 1. The van der Waals surface area contributed by atoms with Crippen molar-refractivity contribution in [3.8, 4) is 5.69 Å². The average Bonchev–Trinajstić information content (AvgIpc) is 3.04. The van der Waals surface area contributed by atoms with Gasteiger partial charge in [-0.1, -0.05) is 12.1 Å². The maximum absolute atomic E-state index is 13.8. The van der Waals surface area contributed by atoms with E-state index in [2.05, 4.69) is 5.10 Å². The van der Waals surface area contributed by atoms with Gasteiger partial charge in [-0.25, -0.2) is 9.07 Å². The van der Waals surface area contributed by atoms with E-state index in [9.17, 15) is 14.0 Å². The van der Waals surface area contributed by atoms with E-state index in [0.717, 1.165) is 0 Å². The van der Waals surface area contributed by atoms with Crippen molar-refractivity contribution in [2.24, 2.45) is 0 Å². The molecule has 0 saturated carbocycles. The van der Waals surface area contributed by atoms with Crippen LogP contribution in [0.2, 0.25) is 0 Å². The summed E-state index contributed by atoms with van der Waals surface area (Å²) in [5, 5.41) is 13.0. The molecule has 7 nitrogen and oxygen atoms in total. The second kappa shape index (κ2) is 6.79. The standard InChI is InChI=1S/C16H16FN3O4/c17-12-3-1-2-4-14(12)20-6-5-13(18-20)16(23)19-7-8-24-11(10-19)9-15(21)22/h1-6,11H,7-10H2,(H,21,22)/t11-/m1/s1. The van der Waals surface area contributed by atoms with Gasteiger partial charge < -0.3 is 14.7 Å². The van der Waals surface area contributed by atoms with Crippen molar-refractivity contribution in [2.75, 3.05) is 19.7 Å². The molecule has 1 aliphatic rings. The van der Waals surface area contributed by atoms with Crippen LogP contribution in [0.15, 0.2) is 36.5 Å². The van der Waals surface area contributed by atoms with Crippen LogP contribution in [0.4, 0.5) is 4.39 Å². The highest BCUT2D eigenvalue weighted by molar-refractivity contribution is 5.92. The van der Waals surface area contributed by atoms with E-state index in [0.29, 0.717) is 6.54 Å². The van der Waals surface area contributed by atoms with Crippen LogP contribution in [0.3, 0.4) is 0 Å². The Morgan fingerprint density at radius 1 is 1.33 bits per heavy atom. The molecule has 1 fully saturated rings. The molecule has 1 aromatic carbocycles. The number of nitrogens with zero attached hydrogens (tertiary/aromatic N) is 3. The van der Waals surface area contributed by atoms with Gasteiger partial charge in [0.05, 0.1) is 19.1 Å². The van der Waals surface area contributed by atoms with Crippen LogP contribution < -0.4 is 0 Å². The Kier molecular flexibility index (Phi) is 4.57. The summed E-state index contributed by atoms with van der Waals surface area (Å²) in [4.78, 5) is 24.8. The molecule has 126 valence electrons. The van der Waals surface area contributed by atoms with Gasteiger partial charge in [0.15, 0.2) is 5.69 Å². The van der Waals surface area contributed by atoms with Crippen LogP contribution in [0.5, 0.6) is 0 Å². The molecule has 1 N–H and O–H groups in total. The van der Waals surface area contributed by atoms with Gasteiger partial charge in [-0.2, -0.15) is 5.10 Å². The van der Waals surface area contributed by atoms with Crippen LogP contribution in [0.1, 0.15) is 16.9 Å². The second-order valence-corrected chi connectivity index (χ2v) is 5.44. The zero-order valence-electron chi connectivity index (χ0n) is 12.8. The number of benzene rings is 1. The van der Waals surface area contributed by atoms with Gasteiger partial charge in [0, 0.05) is 19.3 Å². The third-order valence-electron chi connectivity index (χ3n) is 3.74. The summed E-state index contributed by atoms with van der Waals surface area (Å²) in [6, 6.07) is 7.65. The van der Waals surface area contributed by atoms with E-state index >= 15 is 0 Å². The molecule has 0 spiro atoms. The van der Waals surface area contributed by atoms with E-state index in [1.165, 1.54) is 27.9 Å². The van der Waals surface area contributed by atoms with Gasteiger partial charge in [-0.15, -0.1) is 0 Å². The van der Waals surface area contributed by atoms with E-state index in [-0.39, 0.29) is 36.9 Å². The lowest BCUT2D eigenvalue weighted by Gasteiger charge is -2.31. The lowest BCUT2D eigenvalue weighted by Crippen LogP contribution is -2.46. The number of amides is 1. The minimum atomic E-state index is -0.974. The molecule has 0 bridgehead atoms. The average molecular weight is 333 g/mol. The van der Waals surface area contributed by atoms with E-state index < -0.39 is 17.9 Å². The number of carboxylic acid groups (broad SMARTS) is 1. The fourth-order valence-electron chi connectivity index (χ4n) is 2.59. The molecular formula is C16H16FN3O4. The molecule has 0 aliphatic carbocycles. The van der Waals surface area contributed by atoms with Gasteiger partial charge >= 0.3 is 5.97 Å². The van der Waals surface area contributed by atoms with Crippen LogP contribution in [0, 0.1) is 5.82 Å². The Balaban J connectivity index is 1.74. The Morgan fingerprint density at radius 2 is 2.12 bits per heavy atom. The van der Waals surface area contributed by atoms with Gasteiger partial charge in [0.2, 0.25) is 0 Å². The normalized spacial score (nSPS) is 17.7. The van der Waals surface area contributed by atoms with Crippen molar-refractivity contribution in [1.29, 1.82) is 0 Å². The SMILES string of the molecule is O=C(O)C[C@@H]1CN(C(=O)c2ccn(-c3ccccc3F)n2)CCO1. The quantitative estimate of drug-likeness (QED) is 0.912. The molecule has 3 rings (SSSR count). The van der Waals surface area contributed by atoms with Crippen LogP contribution in [-0.2, 0) is 9.53 Å². The molecule has 1 amide bonds. The lowest BCUT2D eigenvalue weighted by atomic mass is 10.2. The molecule has 1 aliphatic heterocycles. The molecule has 2 heterocycles. The fraction of sp³-hybridized carbons (Fsp3) is 0.312. The smallest absolute Gasteiger partial charge is 0.306 e. The number of aliphatic carboxylic acids is 1. The number of carbonyl (C=O) groups is 2. The molecule has 24 heavy (non-hydrogen) atoms. The van der Waals surface area contributed by atoms with Crippen molar-refractivity contribution in [1.82, 2.24) is 14.7 Å².